The van der Waals surface area contributed by atoms with Gasteiger partial charge in [-0.15, -0.1) is 0 Å². The van der Waals surface area contributed by atoms with Crippen LogP contribution in [0.15, 0.2) is 0 Å². The second-order valence-corrected chi connectivity index (χ2v) is 4.25. The molecule has 0 spiro atoms. The Morgan fingerprint density at radius 1 is 0.536 bits per heavy atom. The quantitative estimate of drug-likeness (QED) is 0.238. The summed E-state index contributed by atoms with van der Waals surface area (Å²) in [5.74, 6) is 0. The molecule has 0 aromatic rings. The molecule has 0 fully saturated rings. The van der Waals surface area contributed by atoms with Crippen LogP contribution in [0.1, 0.15) is 12.8 Å². The maximum atomic E-state index is 6.75. The Balaban J connectivity index is -0.0000000297. The summed E-state index contributed by atoms with van der Waals surface area (Å²) in [6.07, 6.45) is 2.21. The van der Waals surface area contributed by atoms with Gasteiger partial charge in [-0.05, 0) is 67.2 Å². The van der Waals surface area contributed by atoms with Gasteiger partial charge in [-0.25, -0.2) is 0 Å². The first-order valence-electron chi connectivity index (χ1n) is 6.84. The summed E-state index contributed by atoms with van der Waals surface area (Å²) >= 11 is 0. The molecule has 0 aromatic carbocycles. The molecule has 0 amide bonds. The minimum Gasteiger partial charge on any atom is -0.373 e. The van der Waals surface area contributed by atoms with Crippen molar-refractivity contribution < 1.29 is 39.0 Å². The van der Waals surface area contributed by atoms with E-state index >= 15 is 0 Å². The second kappa shape index (κ2) is 73.0. The van der Waals surface area contributed by atoms with Gasteiger partial charge in [0.2, 0.25) is 0 Å². The average Bonchev–Trinajstić information content (AvgIpc) is 2.54. The molecule has 152 valence electrons. The molecule has 4 N–H and O–H groups in total. The van der Waals surface area contributed by atoms with Gasteiger partial charge >= 0.3 is 39.0 Å². The zero-order valence-electron chi connectivity index (χ0n) is 17.1. The molecular weight excluding hydrogens is 475 g/mol. The summed E-state index contributed by atoms with van der Waals surface area (Å²) in [5.41, 5.74) is 64.5. The van der Waals surface area contributed by atoms with E-state index in [1.165, 1.54) is 19.6 Å². The molecule has 0 aliphatic carbocycles. The Morgan fingerprint density at radius 2 is 0.679 bits per heavy atom. The average molecular weight is 503 g/mol. The van der Waals surface area contributed by atoms with Crippen LogP contribution in [0, 0.1) is 0 Å². The fourth-order valence-electron chi connectivity index (χ4n) is 0.815. The molecule has 0 saturated heterocycles. The van der Waals surface area contributed by atoms with E-state index in [0.717, 1.165) is 39.0 Å². The van der Waals surface area contributed by atoms with Gasteiger partial charge in [0.05, 0.1) is 0 Å². The summed E-state index contributed by atoms with van der Waals surface area (Å²) in [6, 6.07) is 0. The maximum Gasteiger partial charge on any atom is 2.00 e. The Labute approximate surface area is 191 Å². The smallest absolute Gasteiger partial charge is 0.373 e. The number of rotatable bonds is 6. The van der Waals surface area contributed by atoms with Crippen molar-refractivity contribution in [1.82, 2.24) is 9.80 Å². The Morgan fingerprint density at radius 3 is 0.714 bits per heavy atom. The van der Waals surface area contributed by atoms with Crippen molar-refractivity contribution in [3.63, 3.8) is 0 Å². The topological polar surface area (TPSA) is 293 Å². The summed E-state index contributed by atoms with van der Waals surface area (Å²) < 4.78 is 0. The zero-order valence-corrected chi connectivity index (χ0v) is 23.0. The molecule has 0 saturated carbocycles. The third-order valence-electron chi connectivity index (χ3n) is 1.62. The number of nitrogens with zero attached hydrogens (tertiary/aromatic N) is 14. The fraction of sp³-hybridized carbons (Fsp3) is 1.00. The van der Waals surface area contributed by atoms with Gasteiger partial charge in [-0.1, -0.05) is 0 Å². The van der Waals surface area contributed by atoms with E-state index in [2.05, 4.69) is 38.0 Å². The maximum absolute atomic E-state index is 6.75. The molecule has 0 aliphatic rings. The first kappa shape index (κ1) is 50.3. The molecule has 0 atom stereocenters. The summed E-state index contributed by atoms with van der Waals surface area (Å²) in [5, 5.41) is 0. The third-order valence-corrected chi connectivity index (χ3v) is 1.62. The van der Waals surface area contributed by atoms with Crippen molar-refractivity contribution in [3.05, 3.63) is 63.9 Å². The van der Waals surface area contributed by atoms with Crippen LogP contribution in [0.25, 0.3) is 63.9 Å². The molecule has 18 heteroatoms. The van der Waals surface area contributed by atoms with Crippen LogP contribution in [0.2, 0.25) is 0 Å². The third kappa shape index (κ3) is 331. The van der Waals surface area contributed by atoms with Crippen molar-refractivity contribution >= 4 is 0 Å². The van der Waals surface area contributed by atoms with Crippen LogP contribution < -0.4 is 11.5 Å². The SMILES string of the molecule is CN(C)CCCN.CN(C)CCCN.[N-]=[N+]=[N-].[N-]=[N+]=[N-].[N-]=[N+]=[N-].[N-]=[N+]=[N-].[Zn+2].[Zn+2]. The number of hydrogen-bond donors (Lipinski definition) is 2. The molecule has 0 radical (unpaired) electrons. The first-order chi connectivity index (χ1) is 12.2. The largest absolute Gasteiger partial charge is 2.00 e. The van der Waals surface area contributed by atoms with Gasteiger partial charge in [0.15, 0.2) is 0 Å². The van der Waals surface area contributed by atoms with Crippen molar-refractivity contribution in [2.45, 2.75) is 12.8 Å². The molecule has 16 nitrogen and oxygen atoms in total. The van der Waals surface area contributed by atoms with Crippen molar-refractivity contribution in [3.8, 4) is 0 Å². The van der Waals surface area contributed by atoms with Gasteiger partial charge in [0, 0.05) is 0 Å². The standard InChI is InChI=1S/2C5H14N2.4N3.2Zn/c2*1-7(2)5-3-4-6;4*1-3-2;;/h2*3-6H2,1-2H3;;;;;;/q;;4*-1;2*+2. The van der Waals surface area contributed by atoms with Gasteiger partial charge < -0.3 is 65.5 Å². The molecule has 0 aliphatic heterocycles. The predicted molar refractivity (Wildman–Crippen MR) is 105 cm³/mol. The summed E-state index contributed by atoms with van der Waals surface area (Å²) in [7, 11) is 8.20. The minimum absolute atomic E-state index is 0. The van der Waals surface area contributed by atoms with Gasteiger partial charge in [0.1, 0.15) is 0 Å². The van der Waals surface area contributed by atoms with Crippen molar-refractivity contribution in [2.24, 2.45) is 11.5 Å². The van der Waals surface area contributed by atoms with Crippen LogP contribution in [0.3, 0.4) is 0 Å². The van der Waals surface area contributed by atoms with Crippen LogP contribution in [0.4, 0.5) is 0 Å². The number of nitrogens with two attached hydrogens (primary N) is 2. The molecular formula is C10H28N16Zn2. The van der Waals surface area contributed by atoms with E-state index in [4.69, 9.17) is 55.7 Å². The van der Waals surface area contributed by atoms with E-state index in [1.807, 2.05) is 0 Å². The van der Waals surface area contributed by atoms with Gasteiger partial charge in [0.25, 0.3) is 0 Å². The van der Waals surface area contributed by atoms with Gasteiger partial charge in [-0.3, -0.25) is 19.6 Å². The second-order valence-electron chi connectivity index (χ2n) is 4.25. The van der Waals surface area contributed by atoms with E-state index < -0.39 is 0 Å². The van der Waals surface area contributed by atoms with E-state index in [9.17, 15) is 0 Å². The molecule has 28 heavy (non-hydrogen) atoms. The molecule has 0 heterocycles. The fourth-order valence-corrected chi connectivity index (χ4v) is 0.815. The van der Waals surface area contributed by atoms with Crippen molar-refractivity contribution in [1.29, 1.82) is 0 Å². The molecule has 0 unspecified atom stereocenters. The summed E-state index contributed by atoms with van der Waals surface area (Å²) in [4.78, 5) is 10.3. The van der Waals surface area contributed by atoms with Crippen LogP contribution in [-0.4, -0.2) is 64.2 Å². The van der Waals surface area contributed by atoms with Crippen LogP contribution in [-0.2, 0) is 39.0 Å². The molecule has 0 aromatic heterocycles. The van der Waals surface area contributed by atoms with E-state index in [-0.39, 0.29) is 39.0 Å². The van der Waals surface area contributed by atoms with Crippen LogP contribution in [0.5, 0.6) is 0 Å². The normalized spacial score (nSPS) is 6.29. The first-order valence-corrected chi connectivity index (χ1v) is 6.84. The predicted octanol–water partition coefficient (Wildman–Crippen LogP) is 3.25. The zero-order chi connectivity index (χ0) is 22.2. The Bertz CT molecular complexity index is 304. The molecule has 0 rings (SSSR count). The van der Waals surface area contributed by atoms with Gasteiger partial charge in [-0.2, -0.15) is 0 Å². The Kier molecular flexibility index (Phi) is 131. The Hall–Kier alpha value is -1.67. The van der Waals surface area contributed by atoms with Crippen molar-refractivity contribution in [2.75, 3.05) is 54.4 Å². The van der Waals surface area contributed by atoms with E-state index in [0.29, 0.717) is 0 Å². The van der Waals surface area contributed by atoms with E-state index in [1.54, 1.807) is 0 Å². The molecule has 0 bridgehead atoms. The monoisotopic (exact) mass is 500 g/mol. The summed E-state index contributed by atoms with van der Waals surface area (Å²) in [6.45, 7) is 3.82. The number of hydrogen-bond acceptors (Lipinski definition) is 4. The minimum atomic E-state index is 0. The van der Waals surface area contributed by atoms with Crippen LogP contribution >= 0.6 is 0 Å².